The van der Waals surface area contributed by atoms with Crippen LogP contribution in [0.5, 0.6) is 5.75 Å². The molecule has 2 heterocycles. The molecule has 0 bridgehead atoms. The number of hydrogen-bond acceptors (Lipinski definition) is 8. The number of pyridine rings is 1. The number of ether oxygens (including phenoxy) is 2. The zero-order chi connectivity index (χ0) is 35.6. The van der Waals surface area contributed by atoms with Gasteiger partial charge in [0.05, 0.1) is 36.3 Å². The molecule has 5 aromatic rings. The third-order valence-electron chi connectivity index (χ3n) is 9.11. The van der Waals surface area contributed by atoms with Crippen LogP contribution in [0.25, 0.3) is 10.9 Å². The largest absolute Gasteiger partial charge is 0.491 e. The number of fused-ring (bicyclic) bond motifs is 1. The molecule has 6 rings (SSSR count). The molecule has 1 atom stereocenters. The second-order valence-corrected chi connectivity index (χ2v) is 14.8. The SMILES string of the molecule is CCCCOc1ccc([C@@H](O)CN(CCc2ccc(Nc3ccc(S(=O)(=O)N4CCOCC4)cc3)cc2)Cc2ccccc2)c2ccc(=O)[nH]c12. The molecule has 11 heteroatoms. The van der Waals surface area contributed by atoms with E-state index in [9.17, 15) is 18.3 Å². The summed E-state index contributed by atoms with van der Waals surface area (Å²) >= 11 is 0. The summed E-state index contributed by atoms with van der Waals surface area (Å²) in [5.41, 5.74) is 5.12. The lowest BCUT2D eigenvalue weighted by molar-refractivity contribution is 0.0730. The predicted molar refractivity (Wildman–Crippen MR) is 201 cm³/mol. The number of anilines is 2. The fraction of sp³-hybridized carbons (Fsp3) is 0.325. The molecule has 1 aromatic heterocycles. The van der Waals surface area contributed by atoms with Gasteiger partial charge in [-0.1, -0.05) is 61.9 Å². The molecule has 1 aliphatic rings. The maximum absolute atomic E-state index is 13.0. The standard InChI is InChI=1S/C40H46N4O6S/c1-2-3-25-50-38-19-17-35(36-18-20-39(46)42-40(36)38)37(45)29-43(28-31-7-5-4-6-8-31)22-21-30-9-11-32(12-10-30)41-33-13-15-34(16-14-33)51(47,48)44-23-26-49-27-24-44/h4-20,37,41,45H,2-3,21-29H2,1H3,(H,42,46)/t37-/m0/s1. The minimum absolute atomic E-state index is 0.214. The number of rotatable bonds is 16. The molecule has 10 nitrogen and oxygen atoms in total. The number of unbranched alkanes of at least 4 members (excludes halogenated alkanes) is 1. The summed E-state index contributed by atoms with van der Waals surface area (Å²) in [5, 5.41) is 15.8. The fourth-order valence-electron chi connectivity index (χ4n) is 6.26. The van der Waals surface area contributed by atoms with E-state index in [1.54, 1.807) is 30.3 Å². The van der Waals surface area contributed by atoms with Crippen LogP contribution in [0.3, 0.4) is 0 Å². The molecule has 0 unspecified atom stereocenters. The monoisotopic (exact) mass is 710 g/mol. The molecule has 4 aromatic carbocycles. The molecule has 1 saturated heterocycles. The van der Waals surface area contributed by atoms with Gasteiger partial charge in [-0.25, -0.2) is 8.42 Å². The summed E-state index contributed by atoms with van der Waals surface area (Å²) in [4.78, 5) is 17.7. The van der Waals surface area contributed by atoms with Gasteiger partial charge >= 0.3 is 0 Å². The summed E-state index contributed by atoms with van der Waals surface area (Å²) in [7, 11) is -3.54. The van der Waals surface area contributed by atoms with Crippen LogP contribution in [0.2, 0.25) is 0 Å². The molecule has 268 valence electrons. The molecule has 1 fully saturated rings. The van der Waals surface area contributed by atoms with Crippen LogP contribution in [0.4, 0.5) is 11.4 Å². The maximum atomic E-state index is 13.0. The maximum Gasteiger partial charge on any atom is 0.248 e. The lowest BCUT2D eigenvalue weighted by Gasteiger charge is -2.26. The molecule has 0 spiro atoms. The van der Waals surface area contributed by atoms with Crippen molar-refractivity contribution < 1.29 is 23.0 Å². The molecule has 0 saturated carbocycles. The van der Waals surface area contributed by atoms with Crippen LogP contribution in [-0.4, -0.2) is 73.7 Å². The lowest BCUT2D eigenvalue weighted by Crippen LogP contribution is -2.40. The molecule has 0 aliphatic carbocycles. The summed E-state index contributed by atoms with van der Waals surface area (Å²) in [6.07, 6.45) is 1.89. The summed E-state index contributed by atoms with van der Waals surface area (Å²) < 4.78 is 38.7. The van der Waals surface area contributed by atoms with Gasteiger partial charge < -0.3 is 24.9 Å². The number of nitrogens with zero attached hydrogens (tertiary/aromatic N) is 2. The Balaban J connectivity index is 1.11. The molecule has 3 N–H and O–H groups in total. The molecular weight excluding hydrogens is 665 g/mol. The molecule has 0 radical (unpaired) electrons. The van der Waals surface area contributed by atoms with Crippen molar-refractivity contribution in [1.29, 1.82) is 0 Å². The predicted octanol–water partition coefficient (Wildman–Crippen LogP) is 6.25. The number of aliphatic hydroxyl groups excluding tert-OH is 1. The van der Waals surface area contributed by atoms with Crippen LogP contribution in [-0.2, 0) is 27.7 Å². The molecule has 51 heavy (non-hydrogen) atoms. The van der Waals surface area contributed by atoms with Crippen molar-refractivity contribution in [2.45, 2.75) is 43.7 Å². The summed E-state index contributed by atoms with van der Waals surface area (Å²) in [6, 6.07) is 32.2. The van der Waals surface area contributed by atoms with E-state index in [0.29, 0.717) is 63.8 Å². The van der Waals surface area contributed by atoms with Crippen molar-refractivity contribution in [1.82, 2.24) is 14.2 Å². The van der Waals surface area contributed by atoms with Gasteiger partial charge in [-0.15, -0.1) is 0 Å². The van der Waals surface area contributed by atoms with E-state index >= 15 is 0 Å². The quantitative estimate of drug-likeness (QED) is 0.103. The van der Waals surface area contributed by atoms with Crippen LogP contribution in [0.1, 0.15) is 42.6 Å². The van der Waals surface area contributed by atoms with Crippen molar-refractivity contribution in [2.75, 3.05) is 51.3 Å². The highest BCUT2D eigenvalue weighted by atomic mass is 32.2. The van der Waals surface area contributed by atoms with Crippen molar-refractivity contribution >= 4 is 32.3 Å². The Bertz CT molecular complexity index is 2030. The number of H-pyrrole nitrogens is 1. The van der Waals surface area contributed by atoms with Gasteiger partial charge in [0.1, 0.15) is 5.75 Å². The summed E-state index contributed by atoms with van der Waals surface area (Å²) in [6.45, 7) is 5.99. The van der Waals surface area contributed by atoms with E-state index in [4.69, 9.17) is 9.47 Å². The number of nitrogens with one attached hydrogen (secondary N) is 2. The van der Waals surface area contributed by atoms with Crippen molar-refractivity contribution in [3.05, 3.63) is 130 Å². The van der Waals surface area contributed by atoms with Gasteiger partial charge in [0.15, 0.2) is 0 Å². The number of sulfonamides is 1. The van der Waals surface area contributed by atoms with Crippen molar-refractivity contribution in [3.63, 3.8) is 0 Å². The van der Waals surface area contributed by atoms with E-state index in [2.05, 4.69) is 46.4 Å². The normalized spacial score (nSPS) is 14.5. The smallest absolute Gasteiger partial charge is 0.248 e. The molecule has 1 aliphatic heterocycles. The van der Waals surface area contributed by atoms with Gasteiger partial charge in [-0.05, 0) is 78.1 Å². The lowest BCUT2D eigenvalue weighted by atomic mass is 10.0. The third-order valence-corrected chi connectivity index (χ3v) is 11.0. The van der Waals surface area contributed by atoms with E-state index in [-0.39, 0.29) is 10.5 Å². The van der Waals surface area contributed by atoms with Crippen LogP contribution in [0.15, 0.2) is 113 Å². The van der Waals surface area contributed by atoms with Crippen molar-refractivity contribution in [3.8, 4) is 5.75 Å². The highest BCUT2D eigenvalue weighted by Crippen LogP contribution is 2.31. The Kier molecular flexibility index (Phi) is 12.2. The first kappa shape index (κ1) is 36.3. The van der Waals surface area contributed by atoms with Gasteiger partial charge in [0.25, 0.3) is 0 Å². The zero-order valence-electron chi connectivity index (χ0n) is 29.0. The third kappa shape index (κ3) is 9.43. The zero-order valence-corrected chi connectivity index (χ0v) is 29.8. The van der Waals surface area contributed by atoms with E-state index in [1.807, 2.05) is 42.5 Å². The molecular formula is C40H46N4O6S. The van der Waals surface area contributed by atoms with Gasteiger partial charge in [-0.2, -0.15) is 4.31 Å². The average Bonchev–Trinajstić information content (AvgIpc) is 3.15. The second kappa shape index (κ2) is 17.1. The van der Waals surface area contributed by atoms with E-state index < -0.39 is 16.1 Å². The van der Waals surface area contributed by atoms with Crippen LogP contribution in [0, 0.1) is 0 Å². The Labute approximate surface area is 299 Å². The van der Waals surface area contributed by atoms with E-state index in [0.717, 1.165) is 52.7 Å². The topological polar surface area (TPSA) is 124 Å². The first-order valence-electron chi connectivity index (χ1n) is 17.6. The highest BCUT2D eigenvalue weighted by molar-refractivity contribution is 7.89. The number of morpholine rings is 1. The first-order valence-corrected chi connectivity index (χ1v) is 19.0. The van der Waals surface area contributed by atoms with Crippen molar-refractivity contribution in [2.24, 2.45) is 0 Å². The second-order valence-electron chi connectivity index (χ2n) is 12.8. The van der Waals surface area contributed by atoms with Crippen LogP contribution >= 0.6 is 0 Å². The Hall–Kier alpha value is -4.52. The first-order chi connectivity index (χ1) is 24.8. The fourth-order valence-corrected chi connectivity index (χ4v) is 7.67. The molecule has 0 amide bonds. The van der Waals surface area contributed by atoms with Gasteiger partial charge in [0.2, 0.25) is 15.6 Å². The Morgan fingerprint density at radius 1 is 0.902 bits per heavy atom. The van der Waals surface area contributed by atoms with Gasteiger partial charge in [-0.3, -0.25) is 9.69 Å². The Morgan fingerprint density at radius 2 is 1.61 bits per heavy atom. The number of benzene rings is 4. The average molecular weight is 711 g/mol. The van der Waals surface area contributed by atoms with Gasteiger partial charge in [0, 0.05) is 55.6 Å². The summed E-state index contributed by atoms with van der Waals surface area (Å²) in [5.74, 6) is 0.611. The van der Waals surface area contributed by atoms with E-state index in [1.165, 1.54) is 10.4 Å². The number of hydrogen-bond donors (Lipinski definition) is 3. The number of aromatic nitrogens is 1. The van der Waals surface area contributed by atoms with Crippen LogP contribution < -0.4 is 15.6 Å². The minimum Gasteiger partial charge on any atom is -0.491 e. The number of aliphatic hydroxyl groups is 1. The minimum atomic E-state index is -3.54. The Morgan fingerprint density at radius 3 is 2.31 bits per heavy atom. The highest BCUT2D eigenvalue weighted by Gasteiger charge is 2.26. The number of aromatic amines is 1.